The molecule has 0 fully saturated rings. The molecule has 0 spiro atoms. The van der Waals surface area contributed by atoms with Gasteiger partial charge in [-0.3, -0.25) is 4.79 Å². The Morgan fingerprint density at radius 3 is 2.50 bits per heavy atom. The molecule has 0 saturated heterocycles. The molecule has 0 rings (SSSR count). The lowest BCUT2D eigenvalue weighted by molar-refractivity contribution is -0.118. The first kappa shape index (κ1) is 11.7. The Hall–Kier alpha value is -0.270. The SMILES string of the molecule is CNS(=O)(=O)CCNC(=O)CS. The van der Waals surface area contributed by atoms with Crippen LogP contribution in [0.4, 0.5) is 0 Å². The van der Waals surface area contributed by atoms with Crippen molar-refractivity contribution >= 4 is 28.6 Å². The third-order valence-electron chi connectivity index (χ3n) is 1.15. The lowest BCUT2D eigenvalue weighted by Crippen LogP contribution is -2.33. The second-order valence-electron chi connectivity index (χ2n) is 2.03. The van der Waals surface area contributed by atoms with Gasteiger partial charge in [0.2, 0.25) is 15.9 Å². The van der Waals surface area contributed by atoms with E-state index in [9.17, 15) is 13.2 Å². The lowest BCUT2D eigenvalue weighted by atomic mass is 10.6. The number of sulfonamides is 1. The van der Waals surface area contributed by atoms with Gasteiger partial charge in [-0.25, -0.2) is 13.1 Å². The van der Waals surface area contributed by atoms with E-state index in [4.69, 9.17) is 0 Å². The van der Waals surface area contributed by atoms with Gasteiger partial charge in [-0.15, -0.1) is 0 Å². The van der Waals surface area contributed by atoms with Crippen LogP contribution in [0.25, 0.3) is 0 Å². The van der Waals surface area contributed by atoms with Crippen molar-refractivity contribution in [2.45, 2.75) is 0 Å². The molecular weight excluding hydrogens is 200 g/mol. The van der Waals surface area contributed by atoms with Crippen molar-refractivity contribution in [3.63, 3.8) is 0 Å². The molecule has 0 aromatic carbocycles. The van der Waals surface area contributed by atoms with Crippen LogP contribution in [-0.2, 0) is 14.8 Å². The van der Waals surface area contributed by atoms with Crippen LogP contribution in [0.5, 0.6) is 0 Å². The molecule has 0 aliphatic carbocycles. The number of thiol groups is 1. The highest BCUT2D eigenvalue weighted by Gasteiger charge is 2.06. The fourth-order valence-corrected chi connectivity index (χ4v) is 1.17. The molecule has 0 aliphatic rings. The van der Waals surface area contributed by atoms with Crippen LogP contribution < -0.4 is 10.0 Å². The largest absolute Gasteiger partial charge is 0.354 e. The minimum Gasteiger partial charge on any atom is -0.354 e. The standard InChI is InChI=1S/C5H12N2O3S2/c1-6-12(9,10)3-2-7-5(8)4-11/h6,11H,2-4H2,1H3,(H,7,8). The molecule has 0 aromatic heterocycles. The van der Waals surface area contributed by atoms with Gasteiger partial charge in [0.05, 0.1) is 11.5 Å². The monoisotopic (exact) mass is 212 g/mol. The van der Waals surface area contributed by atoms with Gasteiger partial charge in [0.1, 0.15) is 0 Å². The second-order valence-corrected chi connectivity index (χ2v) is 4.39. The predicted molar refractivity (Wildman–Crippen MR) is 49.7 cm³/mol. The van der Waals surface area contributed by atoms with Crippen LogP contribution in [0, 0.1) is 0 Å². The average molecular weight is 212 g/mol. The first-order chi connectivity index (χ1) is 5.52. The maximum Gasteiger partial charge on any atom is 0.229 e. The van der Waals surface area contributed by atoms with Gasteiger partial charge in [-0.1, -0.05) is 0 Å². The Kier molecular flexibility index (Phi) is 5.27. The highest BCUT2D eigenvalue weighted by molar-refractivity contribution is 7.89. The highest BCUT2D eigenvalue weighted by Crippen LogP contribution is 1.80. The summed E-state index contributed by atoms with van der Waals surface area (Å²) in [4.78, 5) is 10.6. The minimum absolute atomic E-state index is 0.0690. The highest BCUT2D eigenvalue weighted by atomic mass is 32.2. The van der Waals surface area contributed by atoms with Gasteiger partial charge in [0.15, 0.2) is 0 Å². The summed E-state index contributed by atoms with van der Waals surface area (Å²) in [6.07, 6.45) is 0. The topological polar surface area (TPSA) is 75.3 Å². The van der Waals surface area contributed by atoms with E-state index in [1.54, 1.807) is 0 Å². The maximum absolute atomic E-state index is 10.8. The second kappa shape index (κ2) is 5.39. The number of nitrogens with one attached hydrogen (secondary N) is 2. The van der Waals surface area contributed by atoms with Crippen LogP contribution >= 0.6 is 12.6 Å². The van der Waals surface area contributed by atoms with Crippen LogP contribution in [0.15, 0.2) is 0 Å². The van der Waals surface area contributed by atoms with Crippen LogP contribution in [0.1, 0.15) is 0 Å². The molecule has 72 valence electrons. The summed E-state index contributed by atoms with van der Waals surface area (Å²) in [7, 11) is -1.88. The van der Waals surface area contributed by atoms with Crippen molar-refractivity contribution in [2.75, 3.05) is 25.1 Å². The molecule has 0 atom stereocenters. The van der Waals surface area contributed by atoms with E-state index in [1.165, 1.54) is 7.05 Å². The summed E-state index contributed by atoms with van der Waals surface area (Å²) in [6, 6.07) is 0. The van der Waals surface area contributed by atoms with E-state index in [-0.39, 0.29) is 24.0 Å². The molecule has 5 nitrogen and oxygen atoms in total. The smallest absolute Gasteiger partial charge is 0.229 e. The number of hydrogen-bond donors (Lipinski definition) is 3. The molecule has 12 heavy (non-hydrogen) atoms. The zero-order chi connectivity index (χ0) is 9.61. The Labute approximate surface area is 77.4 Å². The van der Waals surface area contributed by atoms with Crippen molar-refractivity contribution in [3.05, 3.63) is 0 Å². The van der Waals surface area contributed by atoms with Crippen molar-refractivity contribution in [3.8, 4) is 0 Å². The summed E-state index contributed by atoms with van der Waals surface area (Å²) >= 11 is 3.71. The number of rotatable bonds is 5. The van der Waals surface area contributed by atoms with Crippen molar-refractivity contribution in [1.29, 1.82) is 0 Å². The van der Waals surface area contributed by atoms with Gasteiger partial charge >= 0.3 is 0 Å². The Balaban J connectivity index is 3.64. The van der Waals surface area contributed by atoms with E-state index in [0.29, 0.717) is 0 Å². The van der Waals surface area contributed by atoms with Crippen molar-refractivity contribution in [1.82, 2.24) is 10.0 Å². The van der Waals surface area contributed by atoms with Crippen LogP contribution in [0.3, 0.4) is 0 Å². The van der Waals surface area contributed by atoms with Gasteiger partial charge in [-0.2, -0.15) is 12.6 Å². The number of amides is 1. The third-order valence-corrected chi connectivity index (χ3v) is 2.80. The number of carbonyl (C=O) groups is 1. The first-order valence-electron chi connectivity index (χ1n) is 3.30. The summed E-state index contributed by atoms with van der Waals surface area (Å²) < 4.78 is 23.7. The lowest BCUT2D eigenvalue weighted by Gasteiger charge is -2.03. The fraction of sp³-hybridized carbons (Fsp3) is 0.800. The summed E-state index contributed by atoms with van der Waals surface area (Å²) in [5, 5.41) is 2.39. The Morgan fingerprint density at radius 2 is 2.08 bits per heavy atom. The quantitative estimate of drug-likeness (QED) is 0.490. The van der Waals surface area contributed by atoms with E-state index in [0.717, 1.165) is 0 Å². The average Bonchev–Trinajstić information content (AvgIpc) is 2.04. The molecule has 0 heterocycles. The van der Waals surface area contributed by atoms with Gasteiger partial charge in [-0.05, 0) is 7.05 Å². The zero-order valence-corrected chi connectivity index (χ0v) is 8.41. The third kappa shape index (κ3) is 5.39. The zero-order valence-electron chi connectivity index (χ0n) is 6.70. The van der Waals surface area contributed by atoms with Gasteiger partial charge < -0.3 is 5.32 Å². The van der Waals surface area contributed by atoms with E-state index < -0.39 is 10.0 Å². The Bertz CT molecular complexity index is 237. The number of carbonyl (C=O) groups excluding carboxylic acids is 1. The molecule has 2 N–H and O–H groups in total. The first-order valence-corrected chi connectivity index (χ1v) is 5.59. The molecule has 0 bridgehead atoms. The summed E-state index contributed by atoms with van der Waals surface area (Å²) in [5.74, 6) is -0.313. The predicted octanol–water partition coefficient (Wildman–Crippen LogP) is -1.42. The van der Waals surface area contributed by atoms with Gasteiger partial charge in [0, 0.05) is 6.54 Å². The summed E-state index contributed by atoms with van der Waals surface area (Å²) in [5.41, 5.74) is 0. The van der Waals surface area contributed by atoms with E-state index in [2.05, 4.69) is 22.7 Å². The van der Waals surface area contributed by atoms with Crippen molar-refractivity contribution < 1.29 is 13.2 Å². The van der Waals surface area contributed by atoms with Gasteiger partial charge in [0.25, 0.3) is 0 Å². The van der Waals surface area contributed by atoms with Crippen LogP contribution in [0.2, 0.25) is 0 Å². The number of hydrogen-bond acceptors (Lipinski definition) is 4. The molecule has 7 heteroatoms. The molecule has 0 aliphatic heterocycles. The molecule has 0 aromatic rings. The molecule has 0 saturated carbocycles. The fourth-order valence-electron chi connectivity index (χ4n) is 0.483. The normalized spacial score (nSPS) is 11.2. The molecular formula is C5H12N2O3S2. The van der Waals surface area contributed by atoms with E-state index in [1.807, 2.05) is 0 Å². The Morgan fingerprint density at radius 1 is 1.50 bits per heavy atom. The molecule has 0 unspecified atom stereocenters. The maximum atomic E-state index is 10.8. The molecule has 1 amide bonds. The minimum atomic E-state index is -3.21. The van der Waals surface area contributed by atoms with Crippen molar-refractivity contribution in [2.24, 2.45) is 0 Å². The molecule has 0 radical (unpaired) electrons. The van der Waals surface area contributed by atoms with E-state index >= 15 is 0 Å². The van der Waals surface area contributed by atoms with Crippen LogP contribution in [-0.4, -0.2) is 39.4 Å². The summed E-state index contributed by atoms with van der Waals surface area (Å²) in [6.45, 7) is 0.114.